The third-order valence-corrected chi connectivity index (χ3v) is 6.13. The van der Waals surface area contributed by atoms with E-state index in [4.69, 9.17) is 0 Å². The highest BCUT2D eigenvalue weighted by Crippen LogP contribution is 2.49. The Bertz CT molecular complexity index is 850. The van der Waals surface area contributed by atoms with Gasteiger partial charge in [-0.1, -0.05) is 71.4 Å². The molecule has 1 saturated heterocycles. The van der Waals surface area contributed by atoms with Crippen LogP contribution in [0, 0.1) is 23.6 Å². The predicted molar refractivity (Wildman–Crippen MR) is 104 cm³/mol. The maximum Gasteiger partial charge on any atom is 0.227 e. The van der Waals surface area contributed by atoms with Crippen molar-refractivity contribution in [2.45, 2.75) is 25.9 Å². The van der Waals surface area contributed by atoms with Crippen molar-refractivity contribution in [1.82, 2.24) is 4.90 Å². The lowest BCUT2D eigenvalue weighted by Gasteiger charge is -2.29. The van der Waals surface area contributed by atoms with Gasteiger partial charge in [0.05, 0.1) is 6.04 Å². The minimum absolute atomic E-state index is 0.0191. The molecule has 0 unspecified atom stereocenters. The van der Waals surface area contributed by atoms with Crippen molar-refractivity contribution < 1.29 is 9.18 Å². The van der Waals surface area contributed by atoms with Crippen LogP contribution in [0.15, 0.2) is 65.2 Å². The van der Waals surface area contributed by atoms with E-state index >= 15 is 0 Å². The Morgan fingerprint density at radius 2 is 1.96 bits per heavy atom. The minimum Gasteiger partial charge on any atom is -0.330 e. The van der Waals surface area contributed by atoms with Gasteiger partial charge in [-0.05, 0) is 30.0 Å². The van der Waals surface area contributed by atoms with Crippen molar-refractivity contribution in [3.8, 4) is 0 Å². The number of fused-ring (bicyclic) bond motifs is 1. The van der Waals surface area contributed by atoms with Crippen LogP contribution in [0.5, 0.6) is 0 Å². The first-order valence-electron chi connectivity index (χ1n) is 9.02. The predicted octanol–water partition coefficient (Wildman–Crippen LogP) is 5.50. The molecule has 1 amide bonds. The summed E-state index contributed by atoms with van der Waals surface area (Å²) in [6.07, 6.45) is 5.18. The number of rotatable bonds is 3. The fraction of sp³-hybridized carbons (Fsp3) is 0.318. The smallest absolute Gasteiger partial charge is 0.227 e. The molecule has 134 valence electrons. The molecule has 0 saturated carbocycles. The van der Waals surface area contributed by atoms with Gasteiger partial charge in [0.1, 0.15) is 5.82 Å². The number of benzene rings is 2. The van der Waals surface area contributed by atoms with Gasteiger partial charge in [0, 0.05) is 28.4 Å². The quantitative estimate of drug-likeness (QED) is 0.608. The SMILES string of the molecule is C[C@H]1CC=C[C@@H]2[C@@H]1C(=O)N(Cc1ccccc1)[C@H]2c1ccc(Br)cc1F. The zero-order valence-corrected chi connectivity index (χ0v) is 16.2. The summed E-state index contributed by atoms with van der Waals surface area (Å²) in [4.78, 5) is 15.2. The first-order valence-corrected chi connectivity index (χ1v) is 9.81. The molecule has 1 fully saturated rings. The maximum atomic E-state index is 14.8. The van der Waals surface area contributed by atoms with Gasteiger partial charge in [-0.25, -0.2) is 4.39 Å². The zero-order chi connectivity index (χ0) is 18.3. The van der Waals surface area contributed by atoms with Gasteiger partial charge in [-0.3, -0.25) is 4.79 Å². The van der Waals surface area contributed by atoms with E-state index in [2.05, 4.69) is 35.0 Å². The molecule has 0 N–H and O–H groups in total. The summed E-state index contributed by atoms with van der Waals surface area (Å²) >= 11 is 3.33. The zero-order valence-electron chi connectivity index (χ0n) is 14.6. The molecular weight excluding hydrogens is 393 g/mol. The highest BCUT2D eigenvalue weighted by atomic mass is 79.9. The van der Waals surface area contributed by atoms with Crippen LogP contribution in [0.25, 0.3) is 0 Å². The van der Waals surface area contributed by atoms with Crippen LogP contribution in [-0.4, -0.2) is 10.8 Å². The lowest BCUT2D eigenvalue weighted by atomic mass is 9.75. The van der Waals surface area contributed by atoms with Crippen LogP contribution in [0.4, 0.5) is 4.39 Å². The molecule has 0 aromatic heterocycles. The Kier molecular flexibility index (Phi) is 4.70. The standard InChI is InChI=1S/C22H21BrFNO/c1-14-6-5-9-18-20(14)22(26)25(13-15-7-3-2-4-8-15)21(18)17-11-10-16(23)12-19(17)24/h2-5,7-12,14,18,20-21H,6,13H2,1H3/t14-,18+,20+,21-/m0/s1. The number of hydrogen-bond acceptors (Lipinski definition) is 1. The van der Waals surface area contributed by atoms with Crippen molar-refractivity contribution in [2.24, 2.45) is 17.8 Å². The van der Waals surface area contributed by atoms with E-state index in [-0.39, 0.29) is 35.5 Å². The molecule has 4 atom stereocenters. The number of carbonyl (C=O) groups excluding carboxylic acids is 1. The lowest BCUT2D eigenvalue weighted by molar-refractivity contribution is -0.134. The second kappa shape index (κ2) is 6.99. The summed E-state index contributed by atoms with van der Waals surface area (Å²) in [5.41, 5.74) is 1.67. The molecule has 26 heavy (non-hydrogen) atoms. The summed E-state index contributed by atoms with van der Waals surface area (Å²) in [5.74, 6) is 0.104. The van der Waals surface area contributed by atoms with E-state index in [1.807, 2.05) is 47.4 Å². The first-order chi connectivity index (χ1) is 12.6. The fourth-order valence-corrected chi connectivity index (χ4v) is 4.75. The van der Waals surface area contributed by atoms with Gasteiger partial charge >= 0.3 is 0 Å². The van der Waals surface area contributed by atoms with E-state index in [9.17, 15) is 9.18 Å². The van der Waals surface area contributed by atoms with E-state index in [1.165, 1.54) is 6.07 Å². The number of halogens is 2. The van der Waals surface area contributed by atoms with Gasteiger partial charge in [0.15, 0.2) is 0 Å². The van der Waals surface area contributed by atoms with E-state index < -0.39 is 0 Å². The Hall–Kier alpha value is -1.94. The Balaban J connectivity index is 1.78. The number of amides is 1. The summed E-state index contributed by atoms with van der Waals surface area (Å²) in [6.45, 7) is 2.63. The average molecular weight is 414 g/mol. The van der Waals surface area contributed by atoms with Gasteiger partial charge < -0.3 is 4.90 Å². The van der Waals surface area contributed by atoms with Crippen molar-refractivity contribution in [3.05, 3.63) is 82.1 Å². The fourth-order valence-electron chi connectivity index (χ4n) is 4.42. The second-order valence-electron chi connectivity index (χ2n) is 7.31. The molecule has 2 aromatic rings. The molecular formula is C22H21BrFNO. The summed E-state index contributed by atoms with van der Waals surface area (Å²) in [7, 11) is 0. The number of likely N-dealkylation sites (tertiary alicyclic amines) is 1. The topological polar surface area (TPSA) is 20.3 Å². The van der Waals surface area contributed by atoms with Gasteiger partial charge in [0.2, 0.25) is 5.91 Å². The normalized spacial score (nSPS) is 27.7. The Labute approximate surface area is 161 Å². The summed E-state index contributed by atoms with van der Waals surface area (Å²) in [6, 6.07) is 14.8. The summed E-state index contributed by atoms with van der Waals surface area (Å²) < 4.78 is 15.5. The number of hydrogen-bond donors (Lipinski definition) is 0. The van der Waals surface area contributed by atoms with Gasteiger partial charge in [-0.2, -0.15) is 0 Å². The molecule has 0 bridgehead atoms. The first kappa shape index (κ1) is 17.5. The average Bonchev–Trinajstić information content (AvgIpc) is 2.90. The van der Waals surface area contributed by atoms with Crippen molar-refractivity contribution in [3.63, 3.8) is 0 Å². The van der Waals surface area contributed by atoms with E-state index in [1.54, 1.807) is 0 Å². The molecule has 0 radical (unpaired) electrons. The van der Waals surface area contributed by atoms with Crippen molar-refractivity contribution in [2.75, 3.05) is 0 Å². The Morgan fingerprint density at radius 3 is 2.69 bits per heavy atom. The second-order valence-corrected chi connectivity index (χ2v) is 8.22. The van der Waals surface area contributed by atoms with Crippen LogP contribution in [0.3, 0.4) is 0 Å². The monoisotopic (exact) mass is 413 g/mol. The molecule has 1 aliphatic heterocycles. The third kappa shape index (κ3) is 3.01. The summed E-state index contributed by atoms with van der Waals surface area (Å²) in [5, 5.41) is 0. The van der Waals surface area contributed by atoms with Crippen molar-refractivity contribution >= 4 is 21.8 Å². The number of nitrogens with zero attached hydrogens (tertiary/aromatic N) is 1. The van der Waals surface area contributed by atoms with Crippen molar-refractivity contribution in [1.29, 1.82) is 0 Å². The Morgan fingerprint density at radius 1 is 1.19 bits per heavy atom. The molecule has 2 aromatic carbocycles. The molecule has 0 spiro atoms. The maximum absolute atomic E-state index is 14.8. The molecule has 4 rings (SSSR count). The number of carbonyl (C=O) groups is 1. The molecule has 4 heteroatoms. The molecule has 2 aliphatic rings. The van der Waals surface area contributed by atoms with Gasteiger partial charge in [-0.15, -0.1) is 0 Å². The van der Waals surface area contributed by atoms with Crippen LogP contribution in [-0.2, 0) is 11.3 Å². The molecule has 2 nitrogen and oxygen atoms in total. The minimum atomic E-state index is -0.264. The highest BCUT2D eigenvalue weighted by molar-refractivity contribution is 9.10. The highest BCUT2D eigenvalue weighted by Gasteiger charge is 2.50. The van der Waals surface area contributed by atoms with E-state index in [0.717, 1.165) is 12.0 Å². The van der Waals surface area contributed by atoms with Crippen LogP contribution < -0.4 is 0 Å². The third-order valence-electron chi connectivity index (χ3n) is 5.64. The van der Waals surface area contributed by atoms with Crippen LogP contribution in [0.1, 0.15) is 30.5 Å². The van der Waals surface area contributed by atoms with Crippen LogP contribution in [0.2, 0.25) is 0 Å². The van der Waals surface area contributed by atoms with Gasteiger partial charge in [0.25, 0.3) is 0 Å². The van der Waals surface area contributed by atoms with Crippen LogP contribution >= 0.6 is 15.9 Å². The molecule has 1 aliphatic carbocycles. The number of allylic oxidation sites excluding steroid dienone is 1. The lowest BCUT2D eigenvalue weighted by Crippen LogP contribution is -2.31. The largest absolute Gasteiger partial charge is 0.330 e. The molecule has 1 heterocycles. The van der Waals surface area contributed by atoms with E-state index in [0.29, 0.717) is 16.6 Å².